The molecule has 2 atom stereocenters. The van der Waals surface area contributed by atoms with E-state index in [1.54, 1.807) is 10.8 Å². The monoisotopic (exact) mass is 485 g/mol. The summed E-state index contributed by atoms with van der Waals surface area (Å²) >= 11 is 0. The number of H-pyrrole nitrogens is 1. The van der Waals surface area contributed by atoms with Crippen LogP contribution in [0.4, 0.5) is 0 Å². The van der Waals surface area contributed by atoms with E-state index >= 15 is 0 Å². The van der Waals surface area contributed by atoms with Crippen molar-refractivity contribution in [1.82, 2.24) is 34.7 Å². The molecule has 0 spiro atoms. The molecule has 1 N–H and O–H groups in total. The van der Waals surface area contributed by atoms with Gasteiger partial charge in [0.25, 0.3) is 0 Å². The van der Waals surface area contributed by atoms with Crippen molar-refractivity contribution in [1.29, 1.82) is 0 Å². The highest BCUT2D eigenvalue weighted by Gasteiger charge is 2.32. The number of nitrogens with zero attached hydrogens (tertiary/aromatic N) is 6. The summed E-state index contributed by atoms with van der Waals surface area (Å²) in [5.74, 6) is 0.881. The Morgan fingerprint density at radius 2 is 1.94 bits per heavy atom. The van der Waals surface area contributed by atoms with Crippen molar-refractivity contribution < 1.29 is 4.79 Å². The number of rotatable bonds is 8. The van der Waals surface area contributed by atoms with E-state index in [9.17, 15) is 9.59 Å². The van der Waals surface area contributed by atoms with Crippen LogP contribution in [0.15, 0.2) is 53.7 Å². The van der Waals surface area contributed by atoms with Crippen molar-refractivity contribution in [2.24, 2.45) is 5.92 Å². The van der Waals surface area contributed by atoms with E-state index in [-0.39, 0.29) is 23.4 Å². The highest BCUT2D eigenvalue weighted by atomic mass is 16.2. The maximum atomic E-state index is 13.8. The number of ketones is 1. The molecule has 0 aliphatic heterocycles. The normalized spacial score (nSPS) is 18.0. The molecule has 36 heavy (non-hydrogen) atoms. The third kappa shape index (κ3) is 4.53. The van der Waals surface area contributed by atoms with E-state index in [2.05, 4.69) is 39.5 Å². The molecule has 9 nitrogen and oxygen atoms in total. The largest absolute Gasteiger partial charge is 0.329 e. The van der Waals surface area contributed by atoms with Crippen LogP contribution >= 0.6 is 0 Å². The molecule has 1 aliphatic rings. The summed E-state index contributed by atoms with van der Waals surface area (Å²) in [6.07, 6.45) is 10.7. The number of tetrazole rings is 1. The molecule has 5 rings (SSSR count). The number of carbonyl (C=O) groups is 1. The fourth-order valence-corrected chi connectivity index (χ4v) is 5.31. The fraction of sp³-hybridized carbons (Fsp3) is 0.407. The zero-order chi connectivity index (χ0) is 25.1. The second-order valence-corrected chi connectivity index (χ2v) is 9.61. The summed E-state index contributed by atoms with van der Waals surface area (Å²) in [7, 11) is 0. The van der Waals surface area contributed by atoms with Gasteiger partial charge in [-0.15, -0.1) is 5.10 Å². The molecular weight excluding hydrogens is 454 g/mol. The molecule has 3 aromatic heterocycles. The SMILES string of the molecule is CCCCc1cn(C2C(=O)CCCC2C)c(=O)n1Cc1cnccc1-c1ccccc1-c1nnn[nH]1. The van der Waals surface area contributed by atoms with Gasteiger partial charge in [-0.2, -0.15) is 0 Å². The number of nitrogens with one attached hydrogen (secondary N) is 1. The zero-order valence-electron chi connectivity index (χ0n) is 20.7. The van der Waals surface area contributed by atoms with Gasteiger partial charge in [0.1, 0.15) is 0 Å². The minimum absolute atomic E-state index is 0.129. The lowest BCUT2D eigenvalue weighted by atomic mass is 9.85. The van der Waals surface area contributed by atoms with Gasteiger partial charge in [-0.3, -0.25) is 18.9 Å². The van der Waals surface area contributed by atoms with Crippen LogP contribution in [0, 0.1) is 5.92 Å². The summed E-state index contributed by atoms with van der Waals surface area (Å²) < 4.78 is 3.52. The number of imidazole rings is 1. The number of Topliss-reactive ketones (excluding diaryl/α,β-unsaturated/α-hetero) is 1. The number of aromatic amines is 1. The van der Waals surface area contributed by atoms with Gasteiger partial charge in [0.2, 0.25) is 0 Å². The van der Waals surface area contributed by atoms with Crippen molar-refractivity contribution in [3.63, 3.8) is 0 Å². The maximum absolute atomic E-state index is 13.8. The van der Waals surface area contributed by atoms with Crippen molar-refractivity contribution in [3.05, 3.63) is 70.7 Å². The number of pyridine rings is 1. The molecule has 1 saturated carbocycles. The predicted molar refractivity (Wildman–Crippen MR) is 136 cm³/mol. The minimum Gasteiger partial charge on any atom is -0.297 e. The highest BCUT2D eigenvalue weighted by Crippen LogP contribution is 2.33. The number of aromatic nitrogens is 7. The van der Waals surface area contributed by atoms with Crippen LogP contribution in [0.25, 0.3) is 22.5 Å². The van der Waals surface area contributed by atoms with Gasteiger partial charge in [0.15, 0.2) is 11.6 Å². The molecule has 1 aliphatic carbocycles. The smallest absolute Gasteiger partial charge is 0.297 e. The number of carbonyl (C=O) groups excluding carboxylic acids is 1. The van der Waals surface area contributed by atoms with E-state index in [1.165, 1.54) is 0 Å². The Morgan fingerprint density at radius 1 is 1.11 bits per heavy atom. The summed E-state index contributed by atoms with van der Waals surface area (Å²) in [6.45, 7) is 4.58. The lowest BCUT2D eigenvalue weighted by molar-refractivity contribution is -0.125. The molecule has 186 valence electrons. The molecule has 2 unspecified atom stereocenters. The van der Waals surface area contributed by atoms with Crippen molar-refractivity contribution in [3.8, 4) is 22.5 Å². The number of hydrogen-bond acceptors (Lipinski definition) is 6. The Bertz CT molecular complexity index is 1400. The molecule has 0 bridgehead atoms. The van der Waals surface area contributed by atoms with Gasteiger partial charge in [-0.25, -0.2) is 9.89 Å². The van der Waals surface area contributed by atoms with Crippen LogP contribution in [0.3, 0.4) is 0 Å². The molecule has 0 radical (unpaired) electrons. The summed E-state index contributed by atoms with van der Waals surface area (Å²) in [6, 6.07) is 9.47. The predicted octanol–water partition coefficient (Wildman–Crippen LogP) is 4.21. The van der Waals surface area contributed by atoms with Gasteiger partial charge < -0.3 is 0 Å². The Hall–Kier alpha value is -3.88. The lowest BCUT2D eigenvalue weighted by Crippen LogP contribution is -2.37. The summed E-state index contributed by atoms with van der Waals surface area (Å²) in [5, 5.41) is 14.4. The third-order valence-electron chi connectivity index (χ3n) is 7.17. The first-order valence-corrected chi connectivity index (χ1v) is 12.7. The average Bonchev–Trinajstić information content (AvgIpc) is 3.53. The number of benzene rings is 1. The minimum atomic E-state index is -0.388. The van der Waals surface area contributed by atoms with E-state index in [1.807, 2.05) is 47.3 Å². The molecule has 1 fully saturated rings. The third-order valence-corrected chi connectivity index (χ3v) is 7.17. The van der Waals surface area contributed by atoms with E-state index in [0.717, 1.165) is 60.1 Å². The molecule has 9 heteroatoms. The first-order chi connectivity index (χ1) is 17.6. The summed E-state index contributed by atoms with van der Waals surface area (Å²) in [4.78, 5) is 31.0. The van der Waals surface area contributed by atoms with E-state index < -0.39 is 0 Å². The van der Waals surface area contributed by atoms with Crippen molar-refractivity contribution in [2.75, 3.05) is 0 Å². The highest BCUT2D eigenvalue weighted by molar-refractivity contribution is 5.83. The first kappa shape index (κ1) is 23.8. The fourth-order valence-electron chi connectivity index (χ4n) is 5.31. The van der Waals surface area contributed by atoms with Crippen LogP contribution in [0.2, 0.25) is 0 Å². The molecule has 3 heterocycles. The van der Waals surface area contributed by atoms with Gasteiger partial charge in [0, 0.05) is 36.3 Å². The van der Waals surface area contributed by atoms with Gasteiger partial charge in [-0.05, 0) is 64.8 Å². The van der Waals surface area contributed by atoms with Crippen LogP contribution in [0.5, 0.6) is 0 Å². The van der Waals surface area contributed by atoms with Crippen molar-refractivity contribution in [2.45, 2.75) is 65.0 Å². The van der Waals surface area contributed by atoms with Crippen LogP contribution in [0.1, 0.15) is 63.3 Å². The van der Waals surface area contributed by atoms with Gasteiger partial charge in [-0.1, -0.05) is 44.5 Å². The number of hydrogen-bond donors (Lipinski definition) is 1. The Balaban J connectivity index is 1.58. The van der Waals surface area contributed by atoms with Crippen LogP contribution in [-0.2, 0) is 17.8 Å². The van der Waals surface area contributed by atoms with Gasteiger partial charge in [0.05, 0.1) is 12.6 Å². The molecular formula is C27H31N7O2. The molecule has 0 amide bonds. The summed E-state index contributed by atoms with van der Waals surface area (Å²) in [5.41, 5.74) is 4.52. The van der Waals surface area contributed by atoms with Gasteiger partial charge >= 0.3 is 5.69 Å². The number of aryl methyl sites for hydroxylation is 1. The maximum Gasteiger partial charge on any atom is 0.329 e. The topological polar surface area (TPSA) is 111 Å². The number of unbranched alkanes of at least 4 members (excludes halogenated alkanes) is 1. The van der Waals surface area contributed by atoms with E-state index in [0.29, 0.717) is 18.8 Å². The Labute approximate surface area is 209 Å². The molecule has 1 aromatic carbocycles. The molecule has 4 aromatic rings. The van der Waals surface area contributed by atoms with E-state index in [4.69, 9.17) is 0 Å². The van der Waals surface area contributed by atoms with Crippen LogP contribution in [-0.4, -0.2) is 40.5 Å². The standard InChI is InChI=1S/C27H31N7O2/c1-3-4-9-20-17-34(25-18(2)8-7-12-24(25)35)27(36)33(20)16-19-15-28-14-13-21(19)22-10-5-6-11-23(22)26-29-31-32-30-26/h5-6,10-11,13-15,17-18,25H,3-4,7-9,12,16H2,1-2H3,(H,29,30,31,32). The first-order valence-electron chi connectivity index (χ1n) is 12.7. The van der Waals surface area contributed by atoms with Crippen molar-refractivity contribution >= 4 is 5.78 Å². The Kier molecular flexibility index (Phi) is 6.88. The average molecular weight is 486 g/mol. The zero-order valence-corrected chi connectivity index (χ0v) is 20.7. The quantitative estimate of drug-likeness (QED) is 0.400. The van der Waals surface area contributed by atoms with Crippen LogP contribution < -0.4 is 5.69 Å². The lowest BCUT2D eigenvalue weighted by Gasteiger charge is -2.27. The molecule has 0 saturated heterocycles. The second-order valence-electron chi connectivity index (χ2n) is 9.61. The Morgan fingerprint density at radius 3 is 2.69 bits per heavy atom. The second kappa shape index (κ2) is 10.4.